The molecule has 4 atom stereocenters. The van der Waals surface area contributed by atoms with Gasteiger partial charge in [0.25, 0.3) is 0 Å². The summed E-state index contributed by atoms with van der Waals surface area (Å²) in [7, 11) is 0. The average molecular weight is 496 g/mol. The second-order valence-electron chi connectivity index (χ2n) is 8.20. The molecule has 2 N–H and O–H groups in total. The second kappa shape index (κ2) is 10.7. The lowest BCUT2D eigenvalue weighted by atomic mass is 10.1. The van der Waals surface area contributed by atoms with E-state index in [4.69, 9.17) is 19.9 Å². The Balaban J connectivity index is 1.37. The number of nitrogen functional groups attached to an aromatic ring is 1. The van der Waals surface area contributed by atoms with E-state index in [2.05, 4.69) is 15.1 Å². The third kappa shape index (κ3) is 5.15. The van der Waals surface area contributed by atoms with Crippen molar-refractivity contribution >= 4 is 23.2 Å². The lowest BCUT2D eigenvalue weighted by molar-refractivity contribution is -0.0742. The molecule has 5 rings (SSSR count). The van der Waals surface area contributed by atoms with Gasteiger partial charge in [-0.15, -0.1) is 5.10 Å². The molecule has 35 heavy (non-hydrogen) atoms. The maximum atomic E-state index is 15.9. The van der Waals surface area contributed by atoms with E-state index in [1.165, 1.54) is 22.5 Å². The molecule has 0 amide bonds. The number of rotatable bonds is 9. The van der Waals surface area contributed by atoms with Crippen LogP contribution in [0.5, 0.6) is 0 Å². The molecule has 4 aromatic rings. The SMILES string of the molecule is CSc1nc(N)c2ncc([C@@H]3O[C@H](COCc4ccccc4)[C@@H](OCc4ccccc4)[C@H]3F)n2n1. The summed E-state index contributed by atoms with van der Waals surface area (Å²) in [4.78, 5) is 8.51. The summed E-state index contributed by atoms with van der Waals surface area (Å²) in [5.74, 6) is 0.226. The van der Waals surface area contributed by atoms with Crippen LogP contribution in [0, 0.1) is 0 Å². The van der Waals surface area contributed by atoms with Crippen LogP contribution >= 0.6 is 11.8 Å². The third-order valence-corrected chi connectivity index (χ3v) is 6.38. The molecule has 0 saturated carbocycles. The number of nitrogens with zero attached hydrogens (tertiary/aromatic N) is 4. The fourth-order valence-electron chi connectivity index (χ4n) is 4.10. The maximum absolute atomic E-state index is 15.9. The monoisotopic (exact) mass is 495 g/mol. The molecule has 10 heteroatoms. The van der Waals surface area contributed by atoms with E-state index >= 15 is 4.39 Å². The molecule has 2 aromatic heterocycles. The number of alkyl halides is 1. The van der Waals surface area contributed by atoms with E-state index in [1.54, 1.807) is 0 Å². The Hall–Kier alpha value is -3.05. The molecule has 1 aliphatic rings. The lowest BCUT2D eigenvalue weighted by Crippen LogP contribution is -2.34. The Kier molecular flexibility index (Phi) is 7.24. The highest BCUT2D eigenvalue weighted by atomic mass is 32.2. The number of halogens is 1. The van der Waals surface area contributed by atoms with Gasteiger partial charge in [0.15, 0.2) is 17.6 Å². The van der Waals surface area contributed by atoms with Gasteiger partial charge in [0, 0.05) is 0 Å². The van der Waals surface area contributed by atoms with E-state index in [-0.39, 0.29) is 19.0 Å². The van der Waals surface area contributed by atoms with Crippen LogP contribution in [0.1, 0.15) is 22.9 Å². The number of nitrogens with two attached hydrogens (primary N) is 1. The highest BCUT2D eigenvalue weighted by Crippen LogP contribution is 2.38. The number of imidazole rings is 1. The van der Waals surface area contributed by atoms with Gasteiger partial charge in [-0.1, -0.05) is 72.4 Å². The van der Waals surface area contributed by atoms with Crippen molar-refractivity contribution in [2.75, 3.05) is 18.6 Å². The summed E-state index contributed by atoms with van der Waals surface area (Å²) < 4.78 is 35.5. The zero-order chi connectivity index (χ0) is 24.2. The Labute approximate surface area is 206 Å². The zero-order valence-electron chi connectivity index (χ0n) is 19.2. The predicted octanol–water partition coefficient (Wildman–Crippen LogP) is 4.01. The Morgan fingerprint density at radius 3 is 2.43 bits per heavy atom. The molecule has 0 spiro atoms. The van der Waals surface area contributed by atoms with Crippen LogP contribution in [-0.2, 0) is 27.4 Å². The minimum Gasteiger partial charge on any atom is -0.380 e. The first-order chi connectivity index (χ1) is 17.1. The molecule has 182 valence electrons. The first-order valence-corrected chi connectivity index (χ1v) is 12.5. The summed E-state index contributed by atoms with van der Waals surface area (Å²) in [6.45, 7) is 0.829. The van der Waals surface area contributed by atoms with Crippen molar-refractivity contribution < 1.29 is 18.6 Å². The molecular formula is C25H26FN5O3S. The molecule has 0 unspecified atom stereocenters. The van der Waals surface area contributed by atoms with Crippen LogP contribution < -0.4 is 5.73 Å². The number of aromatic nitrogens is 4. The highest BCUT2D eigenvalue weighted by molar-refractivity contribution is 7.98. The summed E-state index contributed by atoms with van der Waals surface area (Å²) in [6, 6.07) is 19.5. The molecule has 8 nitrogen and oxygen atoms in total. The highest BCUT2D eigenvalue weighted by Gasteiger charge is 2.48. The Bertz CT molecular complexity index is 1260. The number of thioether (sulfide) groups is 1. The molecule has 1 aliphatic heterocycles. The number of hydrogen-bond donors (Lipinski definition) is 1. The van der Waals surface area contributed by atoms with Crippen LogP contribution in [0.3, 0.4) is 0 Å². The molecule has 3 heterocycles. The average Bonchev–Trinajstić information content (AvgIpc) is 3.45. The zero-order valence-corrected chi connectivity index (χ0v) is 20.0. The van der Waals surface area contributed by atoms with Crippen LogP contribution in [0.2, 0.25) is 0 Å². The van der Waals surface area contributed by atoms with Crippen molar-refractivity contribution in [3.63, 3.8) is 0 Å². The van der Waals surface area contributed by atoms with Gasteiger partial charge in [-0.2, -0.15) is 0 Å². The molecule has 2 aromatic carbocycles. The molecule has 0 aliphatic carbocycles. The number of anilines is 1. The smallest absolute Gasteiger partial charge is 0.209 e. The standard InChI is InChI=1S/C25H26FN5O3S/c1-35-25-29-23(27)24-28-12-18(31(24)30-25)21-20(26)22(33-14-17-10-6-3-7-11-17)19(34-21)15-32-13-16-8-4-2-5-9-16/h2-12,19-22H,13-15H2,1H3,(H2,27,29,30)/t19-,20+,21+,22-/m1/s1. The van der Waals surface area contributed by atoms with Crippen molar-refractivity contribution in [3.05, 3.63) is 83.7 Å². The van der Waals surface area contributed by atoms with E-state index in [9.17, 15) is 0 Å². The summed E-state index contributed by atoms with van der Waals surface area (Å²) >= 11 is 1.34. The summed E-state index contributed by atoms with van der Waals surface area (Å²) in [6.07, 6.45) is -0.483. The van der Waals surface area contributed by atoms with Crippen molar-refractivity contribution in [2.24, 2.45) is 0 Å². The van der Waals surface area contributed by atoms with Gasteiger partial charge in [-0.25, -0.2) is 18.9 Å². The Morgan fingerprint density at radius 1 is 1.06 bits per heavy atom. The van der Waals surface area contributed by atoms with Crippen LogP contribution in [0.25, 0.3) is 5.65 Å². The van der Waals surface area contributed by atoms with Gasteiger partial charge in [0.05, 0.1) is 31.7 Å². The van der Waals surface area contributed by atoms with Gasteiger partial charge in [-0.3, -0.25) is 0 Å². The van der Waals surface area contributed by atoms with E-state index in [0.29, 0.717) is 23.1 Å². The fourth-order valence-corrected chi connectivity index (χ4v) is 4.45. The molecule has 0 radical (unpaired) electrons. The predicted molar refractivity (Wildman–Crippen MR) is 131 cm³/mol. The van der Waals surface area contributed by atoms with E-state index in [0.717, 1.165) is 11.1 Å². The van der Waals surface area contributed by atoms with Crippen molar-refractivity contribution in [1.82, 2.24) is 19.6 Å². The second-order valence-corrected chi connectivity index (χ2v) is 8.98. The van der Waals surface area contributed by atoms with Crippen molar-refractivity contribution in [3.8, 4) is 0 Å². The van der Waals surface area contributed by atoms with Gasteiger partial charge in [0.2, 0.25) is 5.16 Å². The van der Waals surface area contributed by atoms with Gasteiger partial charge in [-0.05, 0) is 17.4 Å². The van der Waals surface area contributed by atoms with Gasteiger partial charge < -0.3 is 19.9 Å². The normalized spacial score (nSPS) is 22.1. The minimum absolute atomic E-state index is 0.176. The number of fused-ring (bicyclic) bond motifs is 1. The topological polar surface area (TPSA) is 96.8 Å². The Morgan fingerprint density at radius 2 is 1.74 bits per heavy atom. The molecule has 0 bridgehead atoms. The minimum atomic E-state index is -1.46. The first-order valence-electron chi connectivity index (χ1n) is 11.3. The largest absolute Gasteiger partial charge is 0.380 e. The fraction of sp³-hybridized carbons (Fsp3) is 0.320. The maximum Gasteiger partial charge on any atom is 0.209 e. The van der Waals surface area contributed by atoms with Crippen molar-refractivity contribution in [2.45, 2.75) is 42.9 Å². The molecule has 1 saturated heterocycles. The van der Waals surface area contributed by atoms with Gasteiger partial charge in [0.1, 0.15) is 18.3 Å². The number of hydrogen-bond acceptors (Lipinski definition) is 8. The summed E-state index contributed by atoms with van der Waals surface area (Å²) in [5, 5.41) is 4.91. The van der Waals surface area contributed by atoms with Crippen LogP contribution in [0.4, 0.5) is 10.2 Å². The number of ether oxygens (including phenoxy) is 3. The number of benzene rings is 2. The van der Waals surface area contributed by atoms with Crippen LogP contribution in [-0.4, -0.2) is 50.8 Å². The molecule has 1 fully saturated rings. The third-order valence-electron chi connectivity index (χ3n) is 5.84. The van der Waals surface area contributed by atoms with Gasteiger partial charge >= 0.3 is 0 Å². The van der Waals surface area contributed by atoms with Crippen molar-refractivity contribution in [1.29, 1.82) is 0 Å². The van der Waals surface area contributed by atoms with E-state index in [1.807, 2.05) is 66.9 Å². The summed E-state index contributed by atoms with van der Waals surface area (Å²) in [5.41, 5.74) is 8.83. The van der Waals surface area contributed by atoms with E-state index < -0.39 is 24.5 Å². The first kappa shape index (κ1) is 23.7. The lowest BCUT2D eigenvalue weighted by Gasteiger charge is -2.20. The molecular weight excluding hydrogens is 469 g/mol. The van der Waals surface area contributed by atoms with Crippen LogP contribution in [0.15, 0.2) is 72.0 Å². The quantitative estimate of drug-likeness (QED) is 0.348.